The molecule has 0 spiro atoms. The number of carbonyl (C=O) groups excluding carboxylic acids is 2. The third-order valence-corrected chi connectivity index (χ3v) is 7.58. The fourth-order valence-corrected chi connectivity index (χ4v) is 5.57. The van der Waals surface area contributed by atoms with Crippen molar-refractivity contribution in [1.29, 1.82) is 0 Å². The molecule has 2 saturated heterocycles. The summed E-state index contributed by atoms with van der Waals surface area (Å²) in [4.78, 5) is 31.0. The third kappa shape index (κ3) is 5.24. The van der Waals surface area contributed by atoms with E-state index in [9.17, 15) is 9.59 Å². The van der Waals surface area contributed by atoms with Crippen molar-refractivity contribution in [2.75, 3.05) is 33.3 Å². The third-order valence-electron chi connectivity index (χ3n) is 7.58. The number of hydrogen-bond donors (Lipinski definition) is 1. The second-order valence-electron chi connectivity index (χ2n) is 9.92. The summed E-state index contributed by atoms with van der Waals surface area (Å²) in [6.07, 6.45) is 4.15. The molecule has 36 heavy (non-hydrogen) atoms. The molecule has 2 aliphatic heterocycles. The van der Waals surface area contributed by atoms with Gasteiger partial charge >= 0.3 is 0 Å². The Balaban J connectivity index is 1.24. The van der Waals surface area contributed by atoms with Gasteiger partial charge in [-0.25, -0.2) is 0 Å². The zero-order valence-electron chi connectivity index (χ0n) is 21.0. The van der Waals surface area contributed by atoms with Crippen LogP contribution in [0.4, 0.5) is 0 Å². The van der Waals surface area contributed by atoms with Gasteiger partial charge in [-0.1, -0.05) is 48.5 Å². The Morgan fingerprint density at radius 2 is 1.61 bits per heavy atom. The zero-order chi connectivity index (χ0) is 24.9. The normalized spacial score (nSPS) is 18.4. The molecule has 6 heteroatoms. The number of likely N-dealkylation sites (tertiary alicyclic amines) is 2. The number of carbonyl (C=O) groups is 2. The summed E-state index contributed by atoms with van der Waals surface area (Å²) >= 11 is 0. The fourth-order valence-electron chi connectivity index (χ4n) is 5.57. The lowest BCUT2D eigenvalue weighted by Gasteiger charge is -2.32. The van der Waals surface area contributed by atoms with Gasteiger partial charge in [0, 0.05) is 37.1 Å². The van der Waals surface area contributed by atoms with Crippen LogP contribution < -0.4 is 10.1 Å². The van der Waals surface area contributed by atoms with E-state index < -0.39 is 0 Å². The van der Waals surface area contributed by atoms with E-state index in [-0.39, 0.29) is 17.7 Å². The van der Waals surface area contributed by atoms with Crippen LogP contribution in [0.15, 0.2) is 60.7 Å². The zero-order valence-corrected chi connectivity index (χ0v) is 21.0. The van der Waals surface area contributed by atoms with E-state index in [0.717, 1.165) is 49.0 Å². The van der Waals surface area contributed by atoms with Crippen molar-refractivity contribution < 1.29 is 14.3 Å². The Morgan fingerprint density at radius 3 is 2.39 bits per heavy atom. The molecule has 3 aromatic carbocycles. The van der Waals surface area contributed by atoms with Gasteiger partial charge in [-0.15, -0.1) is 0 Å². The number of benzene rings is 3. The summed E-state index contributed by atoms with van der Waals surface area (Å²) in [5.41, 5.74) is 3.11. The van der Waals surface area contributed by atoms with Crippen LogP contribution >= 0.6 is 0 Å². The number of fused-ring (bicyclic) bond motifs is 1. The summed E-state index contributed by atoms with van der Waals surface area (Å²) < 4.78 is 5.48. The van der Waals surface area contributed by atoms with E-state index in [2.05, 4.69) is 28.4 Å². The van der Waals surface area contributed by atoms with E-state index >= 15 is 0 Å². The molecule has 1 atom stereocenters. The molecule has 2 aliphatic rings. The van der Waals surface area contributed by atoms with Gasteiger partial charge < -0.3 is 15.0 Å². The van der Waals surface area contributed by atoms with Gasteiger partial charge in [0.2, 0.25) is 5.91 Å². The van der Waals surface area contributed by atoms with Gasteiger partial charge in [0.25, 0.3) is 5.91 Å². The Kier molecular flexibility index (Phi) is 7.52. The number of nitrogens with one attached hydrogen (secondary N) is 1. The highest BCUT2D eigenvalue weighted by atomic mass is 16.5. The van der Waals surface area contributed by atoms with Crippen molar-refractivity contribution in [2.45, 2.75) is 38.8 Å². The summed E-state index contributed by atoms with van der Waals surface area (Å²) in [6, 6.07) is 19.9. The van der Waals surface area contributed by atoms with Crippen molar-refractivity contribution >= 4 is 22.6 Å². The van der Waals surface area contributed by atoms with Gasteiger partial charge in [-0.2, -0.15) is 0 Å². The van der Waals surface area contributed by atoms with E-state index in [4.69, 9.17) is 4.74 Å². The molecule has 3 aromatic rings. The Bertz CT molecular complexity index is 1240. The van der Waals surface area contributed by atoms with Crippen molar-refractivity contribution in [1.82, 2.24) is 15.1 Å². The molecule has 2 heterocycles. The Hall–Kier alpha value is -3.38. The molecule has 0 saturated carbocycles. The van der Waals surface area contributed by atoms with Crippen molar-refractivity contribution in [2.24, 2.45) is 5.92 Å². The van der Waals surface area contributed by atoms with Gasteiger partial charge in [-0.05, 0) is 67.4 Å². The molecule has 0 bridgehead atoms. The molecule has 0 unspecified atom stereocenters. The highest BCUT2D eigenvalue weighted by molar-refractivity contribution is 6.08. The van der Waals surface area contributed by atoms with Crippen molar-refractivity contribution in [3.8, 4) is 5.75 Å². The smallest absolute Gasteiger partial charge is 0.254 e. The molecule has 0 radical (unpaired) electrons. The molecule has 5 rings (SSSR count). The molecule has 188 valence electrons. The van der Waals surface area contributed by atoms with Gasteiger partial charge in [0.05, 0.1) is 13.0 Å². The maximum Gasteiger partial charge on any atom is 0.254 e. The lowest BCUT2D eigenvalue weighted by Crippen LogP contribution is -2.45. The molecule has 0 aliphatic carbocycles. The Labute approximate surface area is 213 Å². The number of piperidine rings is 1. The molecule has 2 fully saturated rings. The Morgan fingerprint density at radius 1 is 0.889 bits per heavy atom. The molecule has 2 amide bonds. The molecule has 6 nitrogen and oxygen atoms in total. The summed E-state index contributed by atoms with van der Waals surface area (Å²) in [7, 11) is 1.64. The number of hydrogen-bond acceptors (Lipinski definition) is 4. The van der Waals surface area contributed by atoms with Crippen LogP contribution in [0, 0.1) is 5.92 Å². The maximum absolute atomic E-state index is 13.5. The highest BCUT2D eigenvalue weighted by Gasteiger charge is 2.30. The predicted octanol–water partition coefficient (Wildman–Crippen LogP) is 4.61. The van der Waals surface area contributed by atoms with Crippen molar-refractivity contribution in [3.63, 3.8) is 0 Å². The number of rotatable bonds is 7. The van der Waals surface area contributed by atoms with E-state index in [1.807, 2.05) is 47.4 Å². The molecule has 1 N–H and O–H groups in total. The summed E-state index contributed by atoms with van der Waals surface area (Å²) in [5, 5.41) is 4.96. The molecular formula is C30H35N3O3. The lowest BCUT2D eigenvalue weighted by atomic mass is 9.95. The number of nitrogens with zero attached hydrogens (tertiary/aromatic N) is 2. The van der Waals surface area contributed by atoms with E-state index in [1.54, 1.807) is 7.11 Å². The first kappa shape index (κ1) is 24.3. The maximum atomic E-state index is 13.5. The van der Waals surface area contributed by atoms with E-state index in [1.165, 1.54) is 24.0 Å². The quantitative estimate of drug-likeness (QED) is 0.531. The van der Waals surface area contributed by atoms with Gasteiger partial charge in [0.15, 0.2) is 0 Å². The molecule has 0 aromatic heterocycles. The monoisotopic (exact) mass is 485 g/mol. The van der Waals surface area contributed by atoms with Crippen LogP contribution in [0.3, 0.4) is 0 Å². The minimum absolute atomic E-state index is 0.0256. The topological polar surface area (TPSA) is 61.9 Å². The minimum Gasteiger partial charge on any atom is -0.496 e. The van der Waals surface area contributed by atoms with Crippen LogP contribution in [0.1, 0.15) is 47.2 Å². The average molecular weight is 486 g/mol. The van der Waals surface area contributed by atoms with Crippen LogP contribution in [-0.4, -0.2) is 54.9 Å². The first-order chi connectivity index (χ1) is 17.6. The largest absolute Gasteiger partial charge is 0.496 e. The SMILES string of the molecule is COc1ccc(C(=O)N2CCC[C@@H](C(=O)NCc3ccccc3CN3CCCC3)C2)c2ccccc12. The number of methoxy groups -OCH3 is 1. The minimum atomic E-state index is -0.196. The van der Waals surface area contributed by atoms with Crippen molar-refractivity contribution in [3.05, 3.63) is 77.4 Å². The first-order valence-corrected chi connectivity index (χ1v) is 13.1. The first-order valence-electron chi connectivity index (χ1n) is 13.1. The lowest BCUT2D eigenvalue weighted by molar-refractivity contribution is -0.126. The van der Waals surface area contributed by atoms with Crippen LogP contribution in [0.25, 0.3) is 10.8 Å². The second-order valence-corrected chi connectivity index (χ2v) is 9.92. The molecular weight excluding hydrogens is 450 g/mol. The number of ether oxygens (including phenoxy) is 1. The van der Waals surface area contributed by atoms with E-state index in [0.29, 0.717) is 25.2 Å². The fraction of sp³-hybridized carbons (Fsp3) is 0.400. The predicted molar refractivity (Wildman–Crippen MR) is 142 cm³/mol. The van der Waals surface area contributed by atoms with Crippen LogP contribution in [-0.2, 0) is 17.9 Å². The number of amides is 2. The summed E-state index contributed by atoms with van der Waals surface area (Å²) in [6.45, 7) is 4.87. The summed E-state index contributed by atoms with van der Waals surface area (Å²) in [5.74, 6) is 0.561. The van der Waals surface area contributed by atoms with Crippen LogP contribution in [0.2, 0.25) is 0 Å². The van der Waals surface area contributed by atoms with Crippen LogP contribution in [0.5, 0.6) is 5.75 Å². The average Bonchev–Trinajstić information content (AvgIpc) is 3.44. The second kappa shape index (κ2) is 11.1. The van der Waals surface area contributed by atoms with Gasteiger partial charge in [0.1, 0.15) is 5.75 Å². The highest BCUT2D eigenvalue weighted by Crippen LogP contribution is 2.30. The van der Waals surface area contributed by atoms with Gasteiger partial charge in [-0.3, -0.25) is 14.5 Å². The standard InChI is InChI=1S/C30H35N3O3/c1-36-28-15-14-27(25-12-4-5-13-26(25)28)30(35)33-18-8-11-24(21-33)29(34)31-19-22-9-2-3-10-23(22)20-32-16-6-7-17-32/h2-5,9-10,12-15,24H,6-8,11,16-21H2,1H3,(H,31,34)/t24-/m1/s1.